The van der Waals surface area contributed by atoms with Gasteiger partial charge in [0.05, 0.1) is 12.5 Å². The number of thiophene rings is 1. The average molecular weight is 278 g/mol. The smallest absolute Gasteiger partial charge is 0.225 e. The standard InChI is InChI=1S/C13H18N4OS/c1-3-5-17-13(14-9-15-17)10(2)16-12(18)7-11-4-6-19-8-11/h4,6,8-10H,3,5,7H2,1-2H3,(H,16,18)/t10-/m0/s1. The maximum Gasteiger partial charge on any atom is 0.225 e. The predicted molar refractivity (Wildman–Crippen MR) is 74.9 cm³/mol. The second-order valence-corrected chi connectivity index (χ2v) is 5.22. The zero-order chi connectivity index (χ0) is 13.7. The van der Waals surface area contributed by atoms with Gasteiger partial charge in [-0.3, -0.25) is 4.79 Å². The van der Waals surface area contributed by atoms with Crippen LogP contribution in [0.2, 0.25) is 0 Å². The van der Waals surface area contributed by atoms with E-state index in [9.17, 15) is 4.79 Å². The van der Waals surface area contributed by atoms with Crippen LogP contribution in [0.1, 0.15) is 37.7 Å². The van der Waals surface area contributed by atoms with Crippen LogP contribution >= 0.6 is 11.3 Å². The third kappa shape index (κ3) is 3.64. The van der Waals surface area contributed by atoms with E-state index in [0.29, 0.717) is 6.42 Å². The summed E-state index contributed by atoms with van der Waals surface area (Å²) in [6.07, 6.45) is 2.94. The summed E-state index contributed by atoms with van der Waals surface area (Å²) in [6.45, 7) is 4.84. The first kappa shape index (κ1) is 13.7. The minimum atomic E-state index is -0.125. The molecule has 0 saturated heterocycles. The van der Waals surface area contributed by atoms with Gasteiger partial charge in [0.1, 0.15) is 12.2 Å². The van der Waals surface area contributed by atoms with Crippen molar-refractivity contribution in [1.82, 2.24) is 20.1 Å². The van der Waals surface area contributed by atoms with Crippen molar-refractivity contribution in [3.63, 3.8) is 0 Å². The van der Waals surface area contributed by atoms with E-state index >= 15 is 0 Å². The number of aromatic nitrogens is 3. The number of carbonyl (C=O) groups is 1. The molecule has 2 rings (SSSR count). The second-order valence-electron chi connectivity index (χ2n) is 4.44. The zero-order valence-electron chi connectivity index (χ0n) is 11.2. The van der Waals surface area contributed by atoms with Gasteiger partial charge >= 0.3 is 0 Å². The highest BCUT2D eigenvalue weighted by Crippen LogP contribution is 2.11. The number of hydrogen-bond donors (Lipinski definition) is 1. The molecule has 0 fully saturated rings. The first-order valence-corrected chi connectivity index (χ1v) is 7.33. The number of amides is 1. The van der Waals surface area contributed by atoms with Gasteiger partial charge in [0.15, 0.2) is 0 Å². The third-order valence-electron chi connectivity index (χ3n) is 2.79. The molecule has 1 amide bonds. The van der Waals surface area contributed by atoms with Gasteiger partial charge in [-0.25, -0.2) is 9.67 Å². The van der Waals surface area contributed by atoms with Crippen LogP contribution in [0.5, 0.6) is 0 Å². The van der Waals surface area contributed by atoms with Crippen molar-refractivity contribution in [1.29, 1.82) is 0 Å². The highest BCUT2D eigenvalue weighted by atomic mass is 32.1. The third-order valence-corrected chi connectivity index (χ3v) is 3.52. The van der Waals surface area contributed by atoms with Gasteiger partial charge in [0.25, 0.3) is 0 Å². The lowest BCUT2D eigenvalue weighted by molar-refractivity contribution is -0.121. The molecule has 0 radical (unpaired) electrons. The van der Waals surface area contributed by atoms with E-state index in [1.165, 1.54) is 6.33 Å². The summed E-state index contributed by atoms with van der Waals surface area (Å²) in [5.74, 6) is 0.817. The molecule has 2 aromatic rings. The molecule has 0 aliphatic carbocycles. The van der Waals surface area contributed by atoms with E-state index in [2.05, 4.69) is 22.3 Å². The molecule has 0 aromatic carbocycles. The first-order chi connectivity index (χ1) is 9.20. The number of hydrogen-bond acceptors (Lipinski definition) is 4. The lowest BCUT2D eigenvalue weighted by Gasteiger charge is -2.14. The van der Waals surface area contributed by atoms with Gasteiger partial charge in [-0.1, -0.05) is 6.92 Å². The van der Waals surface area contributed by atoms with Crippen LogP contribution < -0.4 is 5.32 Å². The van der Waals surface area contributed by atoms with Crippen LogP contribution in [0, 0.1) is 0 Å². The summed E-state index contributed by atoms with van der Waals surface area (Å²) in [7, 11) is 0. The lowest BCUT2D eigenvalue weighted by atomic mass is 10.2. The molecule has 19 heavy (non-hydrogen) atoms. The Morgan fingerprint density at radius 2 is 2.42 bits per heavy atom. The summed E-state index contributed by atoms with van der Waals surface area (Å²) in [5.41, 5.74) is 1.05. The molecular formula is C13H18N4OS. The van der Waals surface area contributed by atoms with Crippen molar-refractivity contribution >= 4 is 17.2 Å². The first-order valence-electron chi connectivity index (χ1n) is 6.38. The maximum absolute atomic E-state index is 11.9. The summed E-state index contributed by atoms with van der Waals surface area (Å²) in [6, 6.07) is 1.84. The van der Waals surface area contributed by atoms with Crippen molar-refractivity contribution < 1.29 is 4.79 Å². The molecule has 0 aliphatic heterocycles. The largest absolute Gasteiger partial charge is 0.346 e. The van der Waals surface area contributed by atoms with E-state index < -0.39 is 0 Å². The van der Waals surface area contributed by atoms with Crippen LogP contribution in [0.4, 0.5) is 0 Å². The number of nitrogens with zero attached hydrogens (tertiary/aromatic N) is 3. The molecule has 0 bridgehead atoms. The Morgan fingerprint density at radius 3 is 3.11 bits per heavy atom. The van der Waals surface area contributed by atoms with Crippen molar-refractivity contribution in [2.24, 2.45) is 0 Å². The highest BCUT2D eigenvalue weighted by molar-refractivity contribution is 7.07. The predicted octanol–water partition coefficient (Wildman–Crippen LogP) is 2.17. The summed E-state index contributed by atoms with van der Waals surface area (Å²) >= 11 is 1.60. The Morgan fingerprint density at radius 1 is 1.58 bits per heavy atom. The van der Waals surface area contributed by atoms with Crippen molar-refractivity contribution in [2.75, 3.05) is 0 Å². The molecule has 0 saturated carbocycles. The monoisotopic (exact) mass is 278 g/mol. The molecule has 0 spiro atoms. The Hall–Kier alpha value is -1.69. The molecule has 5 nitrogen and oxygen atoms in total. The Kier molecular flexibility index (Phi) is 4.68. The van der Waals surface area contributed by atoms with Crippen LogP contribution in [0.3, 0.4) is 0 Å². The Bertz CT molecular complexity index is 520. The summed E-state index contributed by atoms with van der Waals surface area (Å²) in [5, 5.41) is 11.1. The molecule has 1 atom stereocenters. The minimum absolute atomic E-state index is 0.0111. The van der Waals surface area contributed by atoms with Gasteiger partial charge in [0.2, 0.25) is 5.91 Å². The van der Waals surface area contributed by atoms with Crippen molar-refractivity contribution in [2.45, 2.75) is 39.3 Å². The molecule has 0 unspecified atom stereocenters. The van der Waals surface area contributed by atoms with Gasteiger partial charge in [-0.15, -0.1) is 0 Å². The fraction of sp³-hybridized carbons (Fsp3) is 0.462. The quantitative estimate of drug-likeness (QED) is 0.881. The van der Waals surface area contributed by atoms with Crippen LogP contribution in [-0.4, -0.2) is 20.7 Å². The fourth-order valence-corrected chi connectivity index (χ4v) is 2.60. The molecule has 102 valence electrons. The molecule has 2 heterocycles. The van der Waals surface area contributed by atoms with Crippen LogP contribution in [-0.2, 0) is 17.8 Å². The van der Waals surface area contributed by atoms with Gasteiger partial charge in [-0.2, -0.15) is 16.4 Å². The van der Waals surface area contributed by atoms with E-state index in [1.54, 1.807) is 11.3 Å². The van der Waals surface area contributed by atoms with Gasteiger partial charge < -0.3 is 5.32 Å². The SMILES string of the molecule is CCCn1ncnc1[C@H](C)NC(=O)Cc1ccsc1. The zero-order valence-corrected chi connectivity index (χ0v) is 12.0. The van der Waals surface area contributed by atoms with Crippen molar-refractivity contribution in [3.05, 3.63) is 34.5 Å². The summed E-state index contributed by atoms with van der Waals surface area (Å²) < 4.78 is 1.84. The Labute approximate surface area is 116 Å². The fourth-order valence-electron chi connectivity index (χ4n) is 1.93. The van der Waals surface area contributed by atoms with E-state index in [4.69, 9.17) is 0 Å². The number of nitrogens with one attached hydrogen (secondary N) is 1. The lowest BCUT2D eigenvalue weighted by Crippen LogP contribution is -2.30. The van der Waals surface area contributed by atoms with E-state index in [-0.39, 0.29) is 11.9 Å². The molecule has 6 heteroatoms. The maximum atomic E-state index is 11.9. The van der Waals surface area contributed by atoms with Gasteiger partial charge in [0, 0.05) is 6.54 Å². The molecule has 2 aromatic heterocycles. The molecule has 1 N–H and O–H groups in total. The van der Waals surface area contributed by atoms with E-state index in [1.807, 2.05) is 28.4 Å². The van der Waals surface area contributed by atoms with Crippen LogP contribution in [0.25, 0.3) is 0 Å². The Balaban J connectivity index is 1.94. The number of aryl methyl sites for hydroxylation is 1. The normalized spacial score (nSPS) is 12.3. The minimum Gasteiger partial charge on any atom is -0.346 e. The molecular weight excluding hydrogens is 260 g/mol. The van der Waals surface area contributed by atoms with Crippen LogP contribution in [0.15, 0.2) is 23.2 Å². The highest BCUT2D eigenvalue weighted by Gasteiger charge is 2.15. The second kappa shape index (κ2) is 6.47. The van der Waals surface area contributed by atoms with Gasteiger partial charge in [-0.05, 0) is 35.7 Å². The number of carbonyl (C=O) groups excluding carboxylic acids is 1. The number of rotatable bonds is 6. The van der Waals surface area contributed by atoms with Crippen molar-refractivity contribution in [3.8, 4) is 0 Å². The summed E-state index contributed by atoms with van der Waals surface area (Å²) in [4.78, 5) is 16.1. The average Bonchev–Trinajstić information content (AvgIpc) is 3.00. The topological polar surface area (TPSA) is 59.8 Å². The van der Waals surface area contributed by atoms with E-state index in [0.717, 1.165) is 24.4 Å². The molecule has 0 aliphatic rings.